The molecule has 28 heavy (non-hydrogen) atoms. The first-order valence-electron chi connectivity index (χ1n) is 9.11. The highest BCUT2D eigenvalue weighted by molar-refractivity contribution is 5.46. The molecule has 0 N–H and O–H groups in total. The summed E-state index contributed by atoms with van der Waals surface area (Å²) in [6.07, 6.45) is 7.56. The van der Waals surface area contributed by atoms with Crippen molar-refractivity contribution in [1.29, 1.82) is 0 Å². The maximum absolute atomic E-state index is 5.79. The van der Waals surface area contributed by atoms with E-state index < -0.39 is 0 Å². The van der Waals surface area contributed by atoms with Gasteiger partial charge >= 0.3 is 0 Å². The molecule has 0 bridgehead atoms. The Labute approximate surface area is 165 Å². The lowest BCUT2D eigenvalue weighted by molar-refractivity contribution is -0.131. The molecule has 2 rings (SSSR count). The van der Waals surface area contributed by atoms with Crippen LogP contribution in [0.3, 0.4) is 0 Å². The predicted octanol–water partition coefficient (Wildman–Crippen LogP) is 1.84. The SMILES string of the molecule is C=CC=C(C)Oc1ncnc(=C)c1=CC(OC)=C(C)OCCCOC1COC1. The van der Waals surface area contributed by atoms with Crippen molar-refractivity contribution in [3.8, 4) is 5.88 Å². The molecule has 0 radical (unpaired) electrons. The van der Waals surface area contributed by atoms with Crippen LogP contribution in [0.4, 0.5) is 0 Å². The molecule has 0 spiro atoms. The third-order valence-corrected chi connectivity index (χ3v) is 3.95. The number of ether oxygens (including phenoxy) is 5. The molecule has 0 atom stereocenters. The van der Waals surface area contributed by atoms with Crippen molar-refractivity contribution in [3.05, 3.63) is 52.9 Å². The third kappa shape index (κ3) is 6.51. The monoisotopic (exact) mass is 388 g/mol. The summed E-state index contributed by atoms with van der Waals surface area (Å²) >= 11 is 0. The zero-order valence-electron chi connectivity index (χ0n) is 16.8. The van der Waals surface area contributed by atoms with Crippen LogP contribution >= 0.6 is 0 Å². The minimum absolute atomic E-state index is 0.227. The number of nitrogens with zero attached hydrogens (tertiary/aromatic N) is 2. The number of rotatable bonds is 11. The smallest absolute Gasteiger partial charge is 0.229 e. The fourth-order valence-electron chi connectivity index (χ4n) is 2.34. The maximum Gasteiger partial charge on any atom is 0.229 e. The highest BCUT2D eigenvalue weighted by Crippen LogP contribution is 2.11. The number of hydrogen-bond acceptors (Lipinski definition) is 7. The quantitative estimate of drug-likeness (QED) is 0.325. The molecule has 1 saturated heterocycles. The Morgan fingerprint density at radius 3 is 2.71 bits per heavy atom. The molecule has 0 unspecified atom stereocenters. The molecule has 0 saturated carbocycles. The van der Waals surface area contributed by atoms with E-state index >= 15 is 0 Å². The lowest BCUT2D eigenvalue weighted by Crippen LogP contribution is -2.36. The van der Waals surface area contributed by atoms with Gasteiger partial charge in [-0.3, -0.25) is 0 Å². The highest BCUT2D eigenvalue weighted by atomic mass is 16.6. The Kier molecular flexibility index (Phi) is 8.71. The normalized spacial score (nSPS) is 16.2. The molecule has 1 aromatic rings. The molecule has 2 heterocycles. The van der Waals surface area contributed by atoms with E-state index in [4.69, 9.17) is 23.7 Å². The molecule has 1 aliphatic heterocycles. The van der Waals surface area contributed by atoms with Gasteiger partial charge in [0, 0.05) is 6.42 Å². The molecule has 0 aliphatic carbocycles. The topological polar surface area (TPSA) is 71.9 Å². The molecular weight excluding hydrogens is 360 g/mol. The Balaban J connectivity index is 2.10. The van der Waals surface area contributed by atoms with Crippen LogP contribution in [-0.4, -0.2) is 49.6 Å². The third-order valence-electron chi connectivity index (χ3n) is 3.95. The van der Waals surface area contributed by atoms with Crippen molar-refractivity contribution in [2.75, 3.05) is 33.5 Å². The number of aromatic nitrogens is 2. The van der Waals surface area contributed by atoms with E-state index in [9.17, 15) is 0 Å². The van der Waals surface area contributed by atoms with E-state index in [1.807, 2.05) is 13.8 Å². The van der Waals surface area contributed by atoms with Crippen LogP contribution in [0.25, 0.3) is 12.7 Å². The number of hydrogen-bond donors (Lipinski definition) is 0. The number of methoxy groups -OCH3 is 1. The van der Waals surface area contributed by atoms with Crippen LogP contribution in [-0.2, 0) is 18.9 Å². The summed E-state index contributed by atoms with van der Waals surface area (Å²) in [5.74, 6) is 2.22. The zero-order chi connectivity index (χ0) is 20.4. The molecule has 7 heteroatoms. The predicted molar refractivity (Wildman–Crippen MR) is 107 cm³/mol. The van der Waals surface area contributed by atoms with E-state index in [1.54, 1.807) is 25.3 Å². The first-order chi connectivity index (χ1) is 13.5. The van der Waals surface area contributed by atoms with E-state index in [0.29, 0.717) is 60.2 Å². The second-order valence-electron chi connectivity index (χ2n) is 6.16. The molecule has 1 aromatic heterocycles. The van der Waals surface area contributed by atoms with Gasteiger partial charge in [-0.1, -0.05) is 19.2 Å². The largest absolute Gasteiger partial charge is 0.494 e. The lowest BCUT2D eigenvalue weighted by Gasteiger charge is -2.25. The van der Waals surface area contributed by atoms with Crippen molar-refractivity contribution >= 4 is 12.7 Å². The van der Waals surface area contributed by atoms with Crippen molar-refractivity contribution in [1.82, 2.24) is 9.97 Å². The maximum atomic E-state index is 5.79. The molecule has 7 nitrogen and oxygen atoms in total. The first-order valence-corrected chi connectivity index (χ1v) is 9.11. The van der Waals surface area contributed by atoms with Gasteiger partial charge in [-0.15, -0.1) is 0 Å². The second kappa shape index (κ2) is 11.3. The molecule has 0 aromatic carbocycles. The Bertz CT molecular complexity index is 828. The summed E-state index contributed by atoms with van der Waals surface area (Å²) in [5, 5.41) is 1.14. The van der Waals surface area contributed by atoms with Crippen LogP contribution in [0, 0.1) is 0 Å². The van der Waals surface area contributed by atoms with Crippen molar-refractivity contribution in [3.63, 3.8) is 0 Å². The van der Waals surface area contributed by atoms with E-state index in [1.165, 1.54) is 6.33 Å². The lowest BCUT2D eigenvalue weighted by atomic mass is 10.3. The average molecular weight is 388 g/mol. The Morgan fingerprint density at radius 1 is 1.29 bits per heavy atom. The van der Waals surface area contributed by atoms with Gasteiger partial charge in [0.1, 0.15) is 23.9 Å². The highest BCUT2D eigenvalue weighted by Gasteiger charge is 2.18. The van der Waals surface area contributed by atoms with Crippen LogP contribution in [0.15, 0.2) is 42.3 Å². The molecule has 1 aliphatic rings. The molecule has 152 valence electrons. The Hall–Kier alpha value is -2.64. The van der Waals surface area contributed by atoms with Gasteiger partial charge in [0.05, 0.1) is 44.1 Å². The van der Waals surface area contributed by atoms with Crippen molar-refractivity contribution < 1.29 is 23.7 Å². The van der Waals surface area contributed by atoms with E-state index in [-0.39, 0.29) is 6.10 Å². The van der Waals surface area contributed by atoms with Crippen molar-refractivity contribution in [2.45, 2.75) is 26.4 Å². The van der Waals surface area contributed by atoms with Gasteiger partial charge in [-0.05, 0) is 26.0 Å². The van der Waals surface area contributed by atoms with Gasteiger partial charge in [-0.2, -0.15) is 0 Å². The minimum Gasteiger partial charge on any atom is -0.494 e. The van der Waals surface area contributed by atoms with Crippen molar-refractivity contribution in [2.24, 2.45) is 0 Å². The van der Waals surface area contributed by atoms with Crippen LogP contribution in [0.5, 0.6) is 5.88 Å². The summed E-state index contributed by atoms with van der Waals surface area (Å²) in [6.45, 7) is 13.8. The van der Waals surface area contributed by atoms with Crippen LogP contribution < -0.4 is 15.3 Å². The standard InChI is InChI=1S/C21H28N2O5/c1-6-8-15(2)28-21-19(16(3)22-14-23-21)11-20(24-5)17(4)26-9-7-10-27-18-12-25-13-18/h6,8,11,14,18H,1,3,7,9-10,12-13H2,2,4-5H3. The first kappa shape index (κ1) is 21.7. The summed E-state index contributed by atoms with van der Waals surface area (Å²) in [7, 11) is 1.58. The van der Waals surface area contributed by atoms with Gasteiger partial charge in [0.15, 0.2) is 5.76 Å². The van der Waals surface area contributed by atoms with E-state index in [0.717, 1.165) is 6.42 Å². The van der Waals surface area contributed by atoms with Gasteiger partial charge in [0.2, 0.25) is 5.88 Å². The minimum atomic E-state index is 0.227. The fourth-order valence-corrected chi connectivity index (χ4v) is 2.34. The summed E-state index contributed by atoms with van der Waals surface area (Å²) in [6, 6.07) is 0. The molecular formula is C21H28N2O5. The zero-order valence-corrected chi connectivity index (χ0v) is 16.8. The molecule has 1 fully saturated rings. The summed E-state index contributed by atoms with van der Waals surface area (Å²) < 4.78 is 27.7. The van der Waals surface area contributed by atoms with Gasteiger partial charge in [0.25, 0.3) is 0 Å². The average Bonchev–Trinajstić information content (AvgIpc) is 2.62. The summed E-state index contributed by atoms with van der Waals surface area (Å²) in [4.78, 5) is 8.34. The second-order valence-corrected chi connectivity index (χ2v) is 6.16. The fraction of sp³-hybridized carbons (Fsp3) is 0.429. The Morgan fingerprint density at radius 2 is 2.07 bits per heavy atom. The molecule has 0 amide bonds. The van der Waals surface area contributed by atoms with Crippen LogP contribution in [0.1, 0.15) is 20.3 Å². The van der Waals surface area contributed by atoms with Gasteiger partial charge in [-0.25, -0.2) is 9.97 Å². The summed E-state index contributed by atoms with van der Waals surface area (Å²) in [5.41, 5.74) is 0. The van der Waals surface area contributed by atoms with Gasteiger partial charge < -0.3 is 23.7 Å². The van der Waals surface area contributed by atoms with Crippen LogP contribution in [0.2, 0.25) is 0 Å². The number of allylic oxidation sites excluding steroid dienone is 5. The van der Waals surface area contributed by atoms with E-state index in [2.05, 4.69) is 23.1 Å².